The topological polar surface area (TPSA) is 0 Å². The van der Waals surface area contributed by atoms with E-state index in [1.807, 2.05) is 35.3 Å². The number of thioether (sulfide) groups is 3. The van der Waals surface area contributed by atoms with E-state index in [-0.39, 0.29) is 5.41 Å². The Morgan fingerprint density at radius 1 is 0.826 bits per heavy atom. The van der Waals surface area contributed by atoms with Crippen molar-refractivity contribution in [3.8, 4) is 11.8 Å². The first-order valence-corrected chi connectivity index (χ1v) is 10.0. The summed E-state index contributed by atoms with van der Waals surface area (Å²) in [6.45, 7) is 1.01. The maximum Gasteiger partial charge on any atom is 0.177 e. The lowest BCUT2D eigenvalue weighted by Crippen LogP contribution is -2.43. The van der Waals surface area contributed by atoms with Crippen molar-refractivity contribution in [2.24, 2.45) is 5.41 Å². The maximum atomic E-state index is 14.0. The van der Waals surface area contributed by atoms with Gasteiger partial charge in [0.1, 0.15) is 5.56 Å². The van der Waals surface area contributed by atoms with Crippen molar-refractivity contribution in [3.63, 3.8) is 0 Å². The van der Waals surface area contributed by atoms with Gasteiger partial charge in [-0.15, -0.1) is 35.3 Å². The van der Waals surface area contributed by atoms with E-state index in [9.17, 15) is 17.6 Å². The lowest BCUT2D eigenvalue weighted by molar-refractivity contribution is 0.322. The largest absolute Gasteiger partial charge is 0.203 e. The number of benzene rings is 1. The molecule has 4 aliphatic heterocycles. The molecule has 0 radical (unpaired) electrons. The monoisotopic (exact) mass is 376 g/mol. The Morgan fingerprint density at radius 2 is 1.26 bits per heavy atom. The normalized spacial score (nSPS) is 34.4. The van der Waals surface area contributed by atoms with Crippen LogP contribution in [0.3, 0.4) is 0 Å². The van der Waals surface area contributed by atoms with Gasteiger partial charge in [0.2, 0.25) is 0 Å². The van der Waals surface area contributed by atoms with Crippen molar-refractivity contribution in [1.82, 2.24) is 0 Å². The molecule has 0 saturated carbocycles. The summed E-state index contributed by atoms with van der Waals surface area (Å²) in [7, 11) is 0. The number of rotatable bonds is 0. The molecular weight excluding hydrogens is 364 g/mol. The van der Waals surface area contributed by atoms with Gasteiger partial charge >= 0.3 is 0 Å². The molecule has 0 N–H and O–H groups in total. The Balaban J connectivity index is 1.74. The lowest BCUT2D eigenvalue weighted by Gasteiger charge is -2.53. The third-order valence-corrected chi connectivity index (χ3v) is 9.34. The van der Waals surface area contributed by atoms with Crippen LogP contribution in [-0.4, -0.2) is 13.7 Å². The van der Waals surface area contributed by atoms with Crippen LogP contribution in [0.25, 0.3) is 0 Å². The van der Waals surface area contributed by atoms with E-state index in [2.05, 4.69) is 11.8 Å². The lowest BCUT2D eigenvalue weighted by atomic mass is 9.79. The SMILES string of the molecule is Cc1c(F)c(F)c(C#CC23CC4SC(C2)SC(C3)S4)c(F)c1F. The van der Waals surface area contributed by atoms with Crippen molar-refractivity contribution in [2.45, 2.75) is 39.9 Å². The Morgan fingerprint density at radius 3 is 1.70 bits per heavy atom. The van der Waals surface area contributed by atoms with Gasteiger partial charge in [0.05, 0.1) is 13.7 Å². The van der Waals surface area contributed by atoms with Crippen molar-refractivity contribution in [3.05, 3.63) is 34.4 Å². The molecule has 0 unspecified atom stereocenters. The van der Waals surface area contributed by atoms with Crippen LogP contribution in [0.4, 0.5) is 17.6 Å². The molecule has 4 bridgehead atoms. The zero-order valence-electron chi connectivity index (χ0n) is 12.1. The summed E-state index contributed by atoms with van der Waals surface area (Å²) < 4.78 is 56.6. The minimum Gasteiger partial charge on any atom is -0.203 e. The van der Waals surface area contributed by atoms with E-state index in [1.54, 1.807) is 0 Å². The predicted molar refractivity (Wildman–Crippen MR) is 88.3 cm³/mol. The molecule has 1 aromatic carbocycles. The fraction of sp³-hybridized carbons (Fsp3) is 0.500. The maximum absolute atomic E-state index is 14.0. The average molecular weight is 376 g/mol. The smallest absolute Gasteiger partial charge is 0.177 e. The fourth-order valence-electron chi connectivity index (χ4n) is 3.30. The van der Waals surface area contributed by atoms with Gasteiger partial charge in [-0.1, -0.05) is 11.8 Å². The van der Waals surface area contributed by atoms with Crippen LogP contribution in [0.15, 0.2) is 0 Å². The summed E-state index contributed by atoms with van der Waals surface area (Å²) in [6, 6.07) is 0. The zero-order valence-corrected chi connectivity index (χ0v) is 14.5. The van der Waals surface area contributed by atoms with Gasteiger partial charge in [-0.2, -0.15) is 0 Å². The summed E-state index contributed by atoms with van der Waals surface area (Å²) in [5.74, 6) is -0.0702. The molecule has 0 aliphatic carbocycles. The van der Waals surface area contributed by atoms with E-state index in [0.717, 1.165) is 26.2 Å². The fourth-order valence-corrected chi connectivity index (χ4v) is 10.6. The molecule has 23 heavy (non-hydrogen) atoms. The highest BCUT2D eigenvalue weighted by Gasteiger charge is 2.52. The Kier molecular flexibility index (Phi) is 3.86. The van der Waals surface area contributed by atoms with Crippen LogP contribution < -0.4 is 0 Å². The van der Waals surface area contributed by atoms with Crippen molar-refractivity contribution < 1.29 is 17.6 Å². The highest BCUT2D eigenvalue weighted by Crippen LogP contribution is 2.66. The van der Waals surface area contributed by atoms with E-state index >= 15 is 0 Å². The highest BCUT2D eigenvalue weighted by molar-refractivity contribution is 8.33. The van der Waals surface area contributed by atoms with Crippen molar-refractivity contribution in [1.29, 1.82) is 0 Å². The van der Waals surface area contributed by atoms with Crippen molar-refractivity contribution >= 4 is 35.3 Å². The van der Waals surface area contributed by atoms with Gasteiger partial charge in [0.15, 0.2) is 23.3 Å². The molecule has 122 valence electrons. The van der Waals surface area contributed by atoms with E-state index in [4.69, 9.17) is 0 Å². The Bertz CT molecular complexity index is 686. The predicted octanol–water partition coefficient (Wildman–Crippen LogP) is 5.28. The standard InChI is InChI=1S/C16H12F4S3/c1-7-12(17)14(19)8(15(20)13(7)18)2-3-16-4-9-21-10(5-16)23-11(6-16)22-9/h9-11H,4-6H2,1H3. The van der Waals surface area contributed by atoms with Gasteiger partial charge < -0.3 is 0 Å². The first kappa shape index (κ1) is 16.0. The first-order valence-electron chi connectivity index (χ1n) is 7.21. The van der Waals surface area contributed by atoms with Crippen LogP contribution in [0.5, 0.6) is 0 Å². The van der Waals surface area contributed by atoms with Crippen LogP contribution in [0, 0.1) is 47.4 Å². The van der Waals surface area contributed by atoms with Gasteiger partial charge in [-0.3, -0.25) is 0 Å². The second-order valence-corrected chi connectivity index (χ2v) is 11.2. The zero-order chi connectivity index (χ0) is 16.4. The Labute approximate surface area is 144 Å². The van der Waals surface area contributed by atoms with Crippen molar-refractivity contribution in [2.75, 3.05) is 0 Å². The Hall–Kier alpha value is -0.450. The summed E-state index contributed by atoms with van der Waals surface area (Å²) in [5.41, 5.74) is -1.71. The average Bonchev–Trinajstić information content (AvgIpc) is 2.49. The van der Waals surface area contributed by atoms with Crippen LogP contribution >= 0.6 is 35.3 Å². The van der Waals surface area contributed by atoms with Gasteiger partial charge in [0, 0.05) is 11.0 Å². The minimum atomic E-state index is -1.39. The highest BCUT2D eigenvalue weighted by atomic mass is 32.3. The minimum absolute atomic E-state index is 0.279. The van der Waals surface area contributed by atoms with Crippen LogP contribution in [0.1, 0.15) is 30.4 Å². The van der Waals surface area contributed by atoms with Gasteiger partial charge in [-0.25, -0.2) is 17.6 Å². The first-order chi connectivity index (χ1) is 10.9. The summed E-state index contributed by atoms with van der Waals surface area (Å²) in [5, 5.41) is 0. The molecule has 4 saturated heterocycles. The number of halogens is 4. The van der Waals surface area contributed by atoms with Gasteiger partial charge in [0.25, 0.3) is 0 Å². The third-order valence-electron chi connectivity index (χ3n) is 4.52. The second-order valence-electron chi connectivity index (χ2n) is 6.10. The van der Waals surface area contributed by atoms with E-state index < -0.39 is 34.4 Å². The van der Waals surface area contributed by atoms with E-state index in [0.29, 0.717) is 13.7 Å². The summed E-state index contributed by atoms with van der Waals surface area (Å²) in [4.78, 5) is 0. The van der Waals surface area contributed by atoms with Crippen LogP contribution in [-0.2, 0) is 0 Å². The molecule has 0 amide bonds. The van der Waals surface area contributed by atoms with E-state index in [1.165, 1.54) is 0 Å². The molecule has 0 nitrogen and oxygen atoms in total. The quantitative estimate of drug-likeness (QED) is 0.344. The molecule has 5 rings (SSSR count). The van der Waals surface area contributed by atoms with Crippen LogP contribution in [0.2, 0.25) is 0 Å². The summed E-state index contributed by atoms with van der Waals surface area (Å²) in [6.07, 6.45) is 2.59. The third kappa shape index (κ3) is 2.58. The summed E-state index contributed by atoms with van der Waals surface area (Å²) >= 11 is 5.79. The molecule has 4 heterocycles. The molecule has 0 atom stereocenters. The molecule has 7 heteroatoms. The molecule has 4 aliphatic rings. The molecule has 1 aromatic rings. The molecule has 0 aromatic heterocycles. The molecular formula is C16H12F4S3. The van der Waals surface area contributed by atoms with Gasteiger partial charge in [-0.05, 0) is 26.2 Å². The molecule has 4 fully saturated rings. The molecule has 0 spiro atoms. The second kappa shape index (κ2) is 5.53. The number of hydrogen-bond donors (Lipinski definition) is 0. The number of hydrogen-bond acceptors (Lipinski definition) is 3.